The Morgan fingerprint density at radius 2 is 1.88 bits per heavy atom. The summed E-state index contributed by atoms with van der Waals surface area (Å²) in [4.78, 5) is 28.5. The SMILES string of the molecule is CC1=C(C(=O)OC(C)C)[C@@H](c2ccco2)C2=C(C[C@@H](c3ccc(N(C)C)cc3)CC2=O)N1. The van der Waals surface area contributed by atoms with Crippen molar-refractivity contribution in [2.45, 2.75) is 51.6 Å². The van der Waals surface area contributed by atoms with E-state index in [1.54, 1.807) is 12.3 Å². The van der Waals surface area contributed by atoms with Crippen molar-refractivity contribution in [2.75, 3.05) is 19.0 Å². The van der Waals surface area contributed by atoms with Crippen molar-refractivity contribution in [2.24, 2.45) is 0 Å². The Bertz CT molecular complexity index is 1080. The smallest absolute Gasteiger partial charge is 0.337 e. The summed E-state index contributed by atoms with van der Waals surface area (Å²) in [6.07, 6.45) is 2.40. The number of ether oxygens (including phenoxy) is 1. The standard InChI is InChI=1S/C26H30N2O4/c1-15(2)32-26(30)23-16(3)27-20-13-18(17-8-10-19(11-9-17)28(4)5)14-21(29)24(20)25(23)22-7-6-12-31-22/h6-12,15,18,25,27H,13-14H2,1-5H3/t18-,25-/m1/s1. The number of anilines is 1. The first-order valence-corrected chi connectivity index (χ1v) is 11.0. The second-order valence-corrected chi connectivity index (χ2v) is 8.97. The van der Waals surface area contributed by atoms with Gasteiger partial charge in [-0.3, -0.25) is 4.79 Å². The molecular formula is C26H30N2O4. The highest BCUT2D eigenvalue weighted by atomic mass is 16.5. The molecule has 32 heavy (non-hydrogen) atoms. The molecule has 0 saturated heterocycles. The number of dihydropyridines is 1. The lowest BCUT2D eigenvalue weighted by Gasteiger charge is -2.36. The zero-order chi connectivity index (χ0) is 23.0. The van der Waals surface area contributed by atoms with Gasteiger partial charge in [-0.2, -0.15) is 0 Å². The first-order valence-electron chi connectivity index (χ1n) is 11.0. The maximum Gasteiger partial charge on any atom is 0.337 e. The van der Waals surface area contributed by atoms with Crippen LogP contribution in [0.15, 0.2) is 69.6 Å². The van der Waals surface area contributed by atoms with Crippen LogP contribution in [0.3, 0.4) is 0 Å². The first kappa shape index (κ1) is 21.9. The van der Waals surface area contributed by atoms with Crippen LogP contribution >= 0.6 is 0 Å². The molecule has 0 saturated carbocycles. The number of furan rings is 1. The van der Waals surface area contributed by atoms with Crippen LogP contribution in [0.1, 0.15) is 56.8 Å². The topological polar surface area (TPSA) is 71.8 Å². The van der Waals surface area contributed by atoms with Gasteiger partial charge in [-0.25, -0.2) is 4.79 Å². The second-order valence-electron chi connectivity index (χ2n) is 8.97. The average molecular weight is 435 g/mol. The van der Waals surface area contributed by atoms with Crippen LogP contribution in [0.4, 0.5) is 5.69 Å². The van der Waals surface area contributed by atoms with Gasteiger partial charge in [0.2, 0.25) is 0 Å². The van der Waals surface area contributed by atoms with E-state index in [1.165, 1.54) is 0 Å². The Labute approximate surface area is 188 Å². The Morgan fingerprint density at radius 1 is 1.16 bits per heavy atom. The maximum atomic E-state index is 13.5. The minimum absolute atomic E-state index is 0.0317. The molecule has 168 valence electrons. The molecule has 2 aromatic rings. The van der Waals surface area contributed by atoms with Crippen molar-refractivity contribution in [3.05, 3.63) is 76.5 Å². The van der Waals surface area contributed by atoms with Crippen LogP contribution in [0.5, 0.6) is 0 Å². The molecule has 2 heterocycles. The Balaban J connectivity index is 1.71. The fraction of sp³-hybridized carbons (Fsp3) is 0.385. The van der Waals surface area contributed by atoms with E-state index in [0.717, 1.165) is 16.9 Å². The fourth-order valence-electron chi connectivity index (χ4n) is 4.61. The number of nitrogens with one attached hydrogen (secondary N) is 1. The van der Waals surface area contributed by atoms with Crippen molar-refractivity contribution in [3.63, 3.8) is 0 Å². The van der Waals surface area contributed by atoms with Gasteiger partial charge in [0.25, 0.3) is 0 Å². The molecule has 0 unspecified atom stereocenters. The van der Waals surface area contributed by atoms with Gasteiger partial charge < -0.3 is 19.4 Å². The molecule has 2 aliphatic rings. The van der Waals surface area contributed by atoms with Crippen LogP contribution in [0.2, 0.25) is 0 Å². The highest BCUT2D eigenvalue weighted by Crippen LogP contribution is 2.46. The highest BCUT2D eigenvalue weighted by Gasteiger charge is 2.42. The van der Waals surface area contributed by atoms with E-state index >= 15 is 0 Å². The van der Waals surface area contributed by atoms with Crippen LogP contribution in [0, 0.1) is 0 Å². The molecular weight excluding hydrogens is 404 g/mol. The molecule has 0 radical (unpaired) electrons. The third-order valence-corrected chi connectivity index (χ3v) is 6.10. The summed E-state index contributed by atoms with van der Waals surface area (Å²) in [6, 6.07) is 11.9. The summed E-state index contributed by atoms with van der Waals surface area (Å²) < 4.78 is 11.2. The Hall–Kier alpha value is -3.28. The van der Waals surface area contributed by atoms with Gasteiger partial charge in [-0.1, -0.05) is 12.1 Å². The minimum atomic E-state index is -0.558. The van der Waals surface area contributed by atoms with E-state index in [1.807, 2.05) is 40.9 Å². The summed E-state index contributed by atoms with van der Waals surface area (Å²) >= 11 is 0. The molecule has 4 rings (SSSR count). The number of hydrogen-bond donors (Lipinski definition) is 1. The molecule has 6 heteroatoms. The van der Waals surface area contributed by atoms with Crippen molar-refractivity contribution < 1.29 is 18.7 Å². The van der Waals surface area contributed by atoms with Crippen molar-refractivity contribution in [1.82, 2.24) is 5.32 Å². The summed E-state index contributed by atoms with van der Waals surface area (Å²) in [6.45, 7) is 5.49. The zero-order valence-corrected chi connectivity index (χ0v) is 19.3. The minimum Gasteiger partial charge on any atom is -0.468 e. The summed E-state index contributed by atoms with van der Waals surface area (Å²) in [5, 5.41) is 3.36. The molecule has 0 spiro atoms. The molecule has 1 aromatic carbocycles. The quantitative estimate of drug-likeness (QED) is 0.690. The van der Waals surface area contributed by atoms with Gasteiger partial charge in [0.15, 0.2) is 5.78 Å². The van der Waals surface area contributed by atoms with Crippen LogP contribution in [-0.4, -0.2) is 32.0 Å². The Kier molecular flexibility index (Phi) is 5.96. The van der Waals surface area contributed by atoms with Gasteiger partial charge in [0.1, 0.15) is 5.76 Å². The molecule has 1 aromatic heterocycles. The number of esters is 1. The van der Waals surface area contributed by atoms with Crippen LogP contribution < -0.4 is 10.2 Å². The molecule has 1 N–H and O–H groups in total. The van der Waals surface area contributed by atoms with E-state index in [2.05, 4.69) is 34.5 Å². The highest BCUT2D eigenvalue weighted by molar-refractivity contribution is 6.04. The second kappa shape index (κ2) is 8.69. The lowest BCUT2D eigenvalue weighted by atomic mass is 9.73. The van der Waals surface area contributed by atoms with Gasteiger partial charge in [0.05, 0.1) is 23.9 Å². The molecule has 2 atom stereocenters. The summed E-state index contributed by atoms with van der Waals surface area (Å²) in [7, 11) is 4.02. The molecule has 1 aliphatic heterocycles. The number of nitrogens with zero attached hydrogens (tertiary/aromatic N) is 1. The average Bonchev–Trinajstić information content (AvgIpc) is 3.26. The van der Waals surface area contributed by atoms with Gasteiger partial charge in [0, 0.05) is 43.2 Å². The first-order chi connectivity index (χ1) is 15.3. The number of allylic oxidation sites excluding steroid dienone is 3. The number of Topliss-reactive ketones (excluding diaryl/α,β-unsaturated/α-hetero) is 1. The van der Waals surface area contributed by atoms with E-state index in [9.17, 15) is 9.59 Å². The Morgan fingerprint density at radius 3 is 2.47 bits per heavy atom. The molecule has 1 aliphatic carbocycles. The summed E-state index contributed by atoms with van der Waals surface area (Å²) in [5.41, 5.74) is 4.88. The predicted octanol–water partition coefficient (Wildman–Crippen LogP) is 4.66. The van der Waals surface area contributed by atoms with Crippen molar-refractivity contribution in [3.8, 4) is 0 Å². The van der Waals surface area contributed by atoms with E-state index in [4.69, 9.17) is 9.15 Å². The van der Waals surface area contributed by atoms with E-state index in [-0.39, 0.29) is 17.8 Å². The molecule has 0 bridgehead atoms. The van der Waals surface area contributed by atoms with Gasteiger partial charge in [-0.05, 0) is 62.9 Å². The lowest BCUT2D eigenvalue weighted by Crippen LogP contribution is -2.36. The van der Waals surface area contributed by atoms with Crippen LogP contribution in [-0.2, 0) is 14.3 Å². The zero-order valence-electron chi connectivity index (χ0n) is 19.3. The van der Waals surface area contributed by atoms with E-state index < -0.39 is 11.9 Å². The van der Waals surface area contributed by atoms with Gasteiger partial charge in [-0.15, -0.1) is 0 Å². The lowest BCUT2D eigenvalue weighted by molar-refractivity contribution is -0.143. The third kappa shape index (κ3) is 4.09. The number of rotatable bonds is 5. The summed E-state index contributed by atoms with van der Waals surface area (Å²) in [5.74, 6) is -0.288. The maximum absolute atomic E-state index is 13.5. The largest absolute Gasteiger partial charge is 0.468 e. The molecule has 0 fully saturated rings. The number of carbonyl (C=O) groups excluding carboxylic acids is 2. The predicted molar refractivity (Wildman–Crippen MR) is 123 cm³/mol. The van der Waals surface area contributed by atoms with Crippen LogP contribution in [0.25, 0.3) is 0 Å². The number of carbonyl (C=O) groups is 2. The van der Waals surface area contributed by atoms with Crippen molar-refractivity contribution in [1.29, 1.82) is 0 Å². The molecule has 0 amide bonds. The monoisotopic (exact) mass is 434 g/mol. The van der Waals surface area contributed by atoms with E-state index in [0.29, 0.717) is 35.4 Å². The fourth-order valence-corrected chi connectivity index (χ4v) is 4.61. The number of ketones is 1. The van der Waals surface area contributed by atoms with Crippen molar-refractivity contribution >= 4 is 17.4 Å². The number of benzene rings is 1. The number of hydrogen-bond acceptors (Lipinski definition) is 6. The van der Waals surface area contributed by atoms with Gasteiger partial charge >= 0.3 is 5.97 Å². The third-order valence-electron chi connectivity index (χ3n) is 6.10. The normalized spacial score (nSPS) is 20.9. The molecule has 6 nitrogen and oxygen atoms in total.